The van der Waals surface area contributed by atoms with Crippen molar-refractivity contribution < 1.29 is 0 Å². The lowest BCUT2D eigenvalue weighted by molar-refractivity contribution is 1.12. The zero-order valence-electron chi connectivity index (χ0n) is 37.4. The molecule has 4 aromatic heterocycles. The van der Waals surface area contributed by atoms with Gasteiger partial charge in [-0.1, -0.05) is 170 Å². The number of fused-ring (bicyclic) bond motifs is 9. The third kappa shape index (κ3) is 6.32. The minimum Gasteiger partial charge on any atom is -0.309 e. The van der Waals surface area contributed by atoms with Gasteiger partial charge < -0.3 is 13.7 Å². The number of hydrogen-bond donors (Lipinski definition) is 0. The molecule has 0 spiro atoms. The minimum absolute atomic E-state index is 0.650. The summed E-state index contributed by atoms with van der Waals surface area (Å²) in [5.41, 5.74) is 17.1. The molecule has 322 valence electrons. The summed E-state index contributed by atoms with van der Waals surface area (Å²) < 4.78 is 7.15. The van der Waals surface area contributed by atoms with Crippen LogP contribution in [0.4, 0.5) is 0 Å². The van der Waals surface area contributed by atoms with Crippen molar-refractivity contribution in [2.24, 2.45) is 0 Å². The van der Waals surface area contributed by atoms with Crippen LogP contribution in [0.25, 0.3) is 128 Å². The molecule has 0 amide bonds. The fourth-order valence-electron chi connectivity index (χ4n) is 10.7. The molecule has 5 nitrogen and oxygen atoms in total. The zero-order valence-corrected chi connectivity index (χ0v) is 37.4. The highest BCUT2D eigenvalue weighted by Gasteiger charge is 2.20. The van der Waals surface area contributed by atoms with Crippen molar-refractivity contribution in [3.8, 4) is 62.1 Å². The molecule has 0 bridgehead atoms. The molecule has 69 heavy (non-hydrogen) atoms. The van der Waals surface area contributed by atoms with Crippen LogP contribution in [0.15, 0.2) is 249 Å². The Labute approximate surface area is 398 Å². The van der Waals surface area contributed by atoms with Gasteiger partial charge >= 0.3 is 0 Å². The first-order chi connectivity index (χ1) is 34.2. The fraction of sp³-hybridized carbons (Fsp3) is 0. The summed E-state index contributed by atoms with van der Waals surface area (Å²) in [5.74, 6) is 0.650. The lowest BCUT2D eigenvalue weighted by atomic mass is 10.00. The Morgan fingerprint density at radius 2 is 0.580 bits per heavy atom. The SMILES string of the molecule is c1ccc(-c2cc(-c3cccc(-c4ccc(-n5c6ccccc6c6ccccc65)cc4)c3)nc(-c3cc(-n4c5ccccc5c5ccccc54)cc(-n4c5ccccc5c5ccccc54)c3)n2)cc1. The lowest BCUT2D eigenvalue weighted by Gasteiger charge is -2.16. The van der Waals surface area contributed by atoms with Crippen LogP contribution in [-0.4, -0.2) is 23.7 Å². The second-order valence-corrected chi connectivity index (χ2v) is 17.8. The number of aromatic nitrogens is 5. The van der Waals surface area contributed by atoms with Crippen molar-refractivity contribution in [3.05, 3.63) is 249 Å². The molecule has 14 aromatic rings. The predicted octanol–water partition coefficient (Wildman–Crippen LogP) is 16.4. The van der Waals surface area contributed by atoms with Gasteiger partial charge in [0, 0.05) is 66.1 Å². The average molecular weight is 880 g/mol. The second-order valence-electron chi connectivity index (χ2n) is 17.8. The van der Waals surface area contributed by atoms with Gasteiger partial charge in [-0.15, -0.1) is 0 Å². The van der Waals surface area contributed by atoms with Gasteiger partial charge in [0.25, 0.3) is 0 Å². The van der Waals surface area contributed by atoms with Crippen LogP contribution < -0.4 is 0 Å². The Morgan fingerprint density at radius 3 is 1.03 bits per heavy atom. The van der Waals surface area contributed by atoms with E-state index >= 15 is 0 Å². The van der Waals surface area contributed by atoms with E-state index in [1.807, 2.05) is 0 Å². The van der Waals surface area contributed by atoms with Gasteiger partial charge in [0.1, 0.15) is 0 Å². The van der Waals surface area contributed by atoms with E-state index in [9.17, 15) is 0 Å². The third-order valence-electron chi connectivity index (χ3n) is 13.8. The summed E-state index contributed by atoms with van der Waals surface area (Å²) in [4.78, 5) is 10.9. The molecule has 0 N–H and O–H groups in total. The molecule has 0 aliphatic heterocycles. The monoisotopic (exact) mass is 879 g/mol. The van der Waals surface area contributed by atoms with Gasteiger partial charge in [-0.2, -0.15) is 0 Å². The summed E-state index contributed by atoms with van der Waals surface area (Å²) >= 11 is 0. The number of nitrogens with zero attached hydrogens (tertiary/aromatic N) is 5. The topological polar surface area (TPSA) is 40.6 Å². The van der Waals surface area contributed by atoms with Crippen molar-refractivity contribution in [1.29, 1.82) is 0 Å². The van der Waals surface area contributed by atoms with Crippen LogP contribution in [0.1, 0.15) is 0 Å². The van der Waals surface area contributed by atoms with E-state index in [1.54, 1.807) is 0 Å². The van der Waals surface area contributed by atoms with Crippen LogP contribution >= 0.6 is 0 Å². The maximum atomic E-state index is 5.50. The molecule has 0 fully saturated rings. The summed E-state index contributed by atoms with van der Waals surface area (Å²) in [5, 5.41) is 7.35. The maximum Gasteiger partial charge on any atom is 0.160 e. The van der Waals surface area contributed by atoms with Gasteiger partial charge in [0.05, 0.1) is 44.5 Å². The molecular formula is C64H41N5. The van der Waals surface area contributed by atoms with Crippen LogP contribution in [0.2, 0.25) is 0 Å². The van der Waals surface area contributed by atoms with Crippen molar-refractivity contribution in [3.63, 3.8) is 0 Å². The van der Waals surface area contributed by atoms with Crippen molar-refractivity contribution >= 4 is 65.4 Å². The van der Waals surface area contributed by atoms with Crippen molar-refractivity contribution in [1.82, 2.24) is 23.7 Å². The third-order valence-corrected chi connectivity index (χ3v) is 13.8. The Balaban J connectivity index is 0.953. The molecule has 10 aromatic carbocycles. The highest BCUT2D eigenvalue weighted by molar-refractivity contribution is 6.11. The number of benzene rings is 10. The van der Waals surface area contributed by atoms with E-state index in [2.05, 4.69) is 262 Å². The van der Waals surface area contributed by atoms with Crippen LogP contribution in [0.3, 0.4) is 0 Å². The first-order valence-electron chi connectivity index (χ1n) is 23.5. The highest BCUT2D eigenvalue weighted by atomic mass is 15.0. The van der Waals surface area contributed by atoms with E-state index in [-0.39, 0.29) is 0 Å². The van der Waals surface area contributed by atoms with E-state index in [1.165, 1.54) is 43.4 Å². The molecule has 4 heterocycles. The first-order valence-corrected chi connectivity index (χ1v) is 23.5. The molecule has 0 aliphatic rings. The maximum absolute atomic E-state index is 5.50. The number of hydrogen-bond acceptors (Lipinski definition) is 2. The van der Waals surface area contributed by atoms with Gasteiger partial charge in [-0.05, 0) is 90.0 Å². The molecule has 0 aliphatic carbocycles. The summed E-state index contributed by atoms with van der Waals surface area (Å²) in [7, 11) is 0. The molecule has 0 saturated carbocycles. The van der Waals surface area contributed by atoms with E-state index < -0.39 is 0 Å². The molecule has 14 rings (SSSR count). The summed E-state index contributed by atoms with van der Waals surface area (Å²) in [6.45, 7) is 0. The Morgan fingerprint density at radius 1 is 0.217 bits per heavy atom. The lowest BCUT2D eigenvalue weighted by Crippen LogP contribution is -2.02. The molecular weight excluding hydrogens is 839 g/mol. The predicted molar refractivity (Wildman–Crippen MR) is 287 cm³/mol. The van der Waals surface area contributed by atoms with Gasteiger partial charge in [0.15, 0.2) is 5.82 Å². The van der Waals surface area contributed by atoms with Gasteiger partial charge in [-0.3, -0.25) is 0 Å². The molecule has 5 heteroatoms. The summed E-state index contributed by atoms with van der Waals surface area (Å²) in [6, 6.07) is 89.2. The normalized spacial score (nSPS) is 11.8. The van der Waals surface area contributed by atoms with Gasteiger partial charge in [-0.25, -0.2) is 9.97 Å². The molecule has 0 atom stereocenters. The van der Waals surface area contributed by atoms with Crippen LogP contribution in [0.5, 0.6) is 0 Å². The fourth-order valence-corrected chi connectivity index (χ4v) is 10.7. The van der Waals surface area contributed by atoms with Crippen LogP contribution in [0, 0.1) is 0 Å². The Kier molecular flexibility index (Phi) is 8.83. The number of para-hydroxylation sites is 6. The molecule has 0 saturated heterocycles. The largest absolute Gasteiger partial charge is 0.309 e. The van der Waals surface area contributed by atoms with E-state index in [0.29, 0.717) is 5.82 Å². The molecule has 0 radical (unpaired) electrons. The van der Waals surface area contributed by atoms with Crippen molar-refractivity contribution in [2.45, 2.75) is 0 Å². The Bertz CT molecular complexity index is 4010. The first kappa shape index (κ1) is 38.9. The molecule has 0 unspecified atom stereocenters. The number of rotatable bonds is 7. The Hall–Kier alpha value is -9.32. The summed E-state index contributed by atoms with van der Waals surface area (Å²) in [6.07, 6.45) is 0. The van der Waals surface area contributed by atoms with Gasteiger partial charge in [0.2, 0.25) is 0 Å². The van der Waals surface area contributed by atoms with Crippen molar-refractivity contribution in [2.75, 3.05) is 0 Å². The quantitative estimate of drug-likeness (QED) is 0.160. The zero-order chi connectivity index (χ0) is 45.4. The standard InChI is InChI=1S/C64H41N5/c1-2-17-43(18-3-1)56-41-57(45-20-16-19-44(37-45)42-33-35-47(36-34-42)67-58-27-10-4-21-50(58)51-22-5-11-28-59(51)67)66-64(65-56)46-38-48(68-60-29-12-6-23-52(60)53-24-7-13-30-61(53)68)40-49(39-46)69-62-31-14-8-25-54(62)55-26-9-15-32-63(55)69/h1-41H. The minimum atomic E-state index is 0.650. The average Bonchev–Trinajstić information content (AvgIpc) is 4.07. The highest BCUT2D eigenvalue weighted by Crippen LogP contribution is 2.39. The van der Waals surface area contributed by atoms with E-state index in [0.717, 1.165) is 78.3 Å². The smallest absolute Gasteiger partial charge is 0.160 e. The van der Waals surface area contributed by atoms with Crippen LogP contribution in [-0.2, 0) is 0 Å². The second kappa shape index (κ2) is 15.7. The van der Waals surface area contributed by atoms with E-state index in [4.69, 9.17) is 9.97 Å².